The van der Waals surface area contributed by atoms with Crippen LogP contribution in [0.15, 0.2) is 176 Å². The van der Waals surface area contributed by atoms with Gasteiger partial charge in [-0.15, -0.1) is 0 Å². The third kappa shape index (κ3) is 23.4. The van der Waals surface area contributed by atoms with Crippen molar-refractivity contribution in [2.75, 3.05) is 47.8 Å². The van der Waals surface area contributed by atoms with Crippen molar-refractivity contribution in [3.05, 3.63) is 268 Å². The number of allylic oxidation sites excluding steroid dienone is 5. The Labute approximate surface area is 669 Å². The van der Waals surface area contributed by atoms with Crippen molar-refractivity contribution in [1.29, 1.82) is 0 Å². The molecule has 0 radical (unpaired) electrons. The van der Waals surface area contributed by atoms with Crippen LogP contribution >= 0.6 is 0 Å². The van der Waals surface area contributed by atoms with Crippen LogP contribution in [0.5, 0.6) is 0 Å². The van der Waals surface area contributed by atoms with Gasteiger partial charge in [0.25, 0.3) is 0 Å². The second kappa shape index (κ2) is 42.7. The Hall–Kier alpha value is -11.9. The molecule has 0 spiro atoms. The molecule has 0 fully saturated rings. The van der Waals surface area contributed by atoms with Crippen LogP contribution in [-0.4, -0.2) is 139 Å². The number of aliphatic hydroxyl groups excluding tert-OH is 1. The van der Waals surface area contributed by atoms with E-state index in [1.807, 2.05) is 157 Å². The molecule has 604 valence electrons. The van der Waals surface area contributed by atoms with Gasteiger partial charge in [0.05, 0.1) is 105 Å². The lowest BCUT2D eigenvalue weighted by atomic mass is 10.0. The number of hydrogen-bond acceptors (Lipinski definition) is 14. The number of carbonyl (C=O) groups is 3. The van der Waals surface area contributed by atoms with E-state index in [1.165, 1.54) is 43.2 Å². The van der Waals surface area contributed by atoms with Crippen molar-refractivity contribution >= 4 is 65.1 Å². The highest BCUT2D eigenvalue weighted by molar-refractivity contribution is 6.13. The summed E-state index contributed by atoms with van der Waals surface area (Å²) in [5, 5.41) is 18.7. The summed E-state index contributed by atoms with van der Waals surface area (Å²) < 4.78 is 32.6. The summed E-state index contributed by atoms with van der Waals surface area (Å²) in [6.07, 6.45) is 37.1. The average molecular weight is 1550 g/mol. The number of carbonyl (C=O) groups excluding carboxylic acids is 2. The van der Waals surface area contributed by atoms with E-state index in [0.717, 1.165) is 209 Å². The van der Waals surface area contributed by atoms with Crippen LogP contribution < -0.4 is 0 Å². The summed E-state index contributed by atoms with van der Waals surface area (Å²) in [4.78, 5) is 79.5. The molecule has 114 heavy (non-hydrogen) atoms. The van der Waals surface area contributed by atoms with Gasteiger partial charge in [-0.3, -0.25) is 14.4 Å². The van der Waals surface area contributed by atoms with E-state index in [2.05, 4.69) is 93.0 Å². The number of ether oxygens (including phenoxy) is 6. The number of methoxy groups -OCH3 is 3. The monoisotopic (exact) mass is 1550 g/mol. The van der Waals surface area contributed by atoms with Crippen LogP contribution in [0, 0.1) is 55.4 Å². The summed E-state index contributed by atoms with van der Waals surface area (Å²) in [6, 6.07) is 15.6. The molecule has 0 bridgehead atoms. The van der Waals surface area contributed by atoms with Crippen LogP contribution in [0.1, 0.15) is 211 Å². The molecule has 0 amide bonds. The SMILES string of the molecule is C=C(CCc1c(C)[nH]c(/C=C2\N=C(c3ccc[nH]3)C=C2CO)c1C)OCCCCCCCC.CCCCOC(=O)CCc1c(C)[nH]c(C=C2N=C(c3ccc[nH]3)C=C2OC)c1C.CCOC(=O)CCc1c(C)[nH]c(/C=C2\N=C(c3ccc[nH]3)C=C2OC)c1C.COC1=CC(c2ccc[nH]2)=N/C1=C\c1[nH]c(C)c(CCC(=O)O)c1C. The van der Waals surface area contributed by atoms with Gasteiger partial charge >= 0.3 is 17.9 Å². The number of aliphatic hydroxyl groups is 1. The molecular weight excluding hydrogens is 1440 g/mol. The number of aromatic amines is 8. The topological polar surface area (TPSA) is 323 Å². The molecule has 4 aliphatic rings. The van der Waals surface area contributed by atoms with Gasteiger partial charge in [0.2, 0.25) is 0 Å². The van der Waals surface area contributed by atoms with E-state index in [9.17, 15) is 19.5 Å². The molecule has 8 aromatic heterocycles. The van der Waals surface area contributed by atoms with Gasteiger partial charge in [-0.2, -0.15) is 0 Å². The van der Waals surface area contributed by atoms with Gasteiger partial charge in [0.1, 0.15) is 34.4 Å². The predicted octanol–water partition coefficient (Wildman–Crippen LogP) is 18.3. The molecule has 0 aromatic carbocycles. The standard InChI is InChI=1S/C28H39N3O2.C23H29N3O3.C21H25N3O3.C19H21N3O3/c1-5-6-7-8-9-10-16-33-20(2)13-14-24-21(3)26(30-22(24)4)18-27-23(19-32)17-28(31-27)25-12-11-15-29-25;1-5-6-12-29-23(27)10-9-17-15(2)19(25-16(17)3)13-21-22(28-4)14-20(26-21)18-8-7-11-24-18;1-5-27-21(25)9-8-15-13(2)17(23-14(15)3)11-19-20(26-4)12-18(24-19)16-7-6-10-22-16;1-11-13(6-7-19(23)24)12(2)21-15(11)9-17-18(25-3)10-16(22-17)14-5-4-8-20-14/h11-12,15,17-18,29-30,32H,2,5-10,13-14,16,19H2,1,3-4H3;7-8,11,13-14,24-25H,5-6,9-10,12H2,1-4H3;6-7,10-12,22-23H,5,8-9H2,1-4H3;4-5,8-10,20-21H,6-7H2,1-3H3,(H,23,24)/b27-18-;;19-11-;17-9-. The maximum atomic E-state index is 11.9. The van der Waals surface area contributed by atoms with Crippen molar-refractivity contribution < 1.29 is 53.0 Å². The van der Waals surface area contributed by atoms with E-state index >= 15 is 0 Å². The molecule has 4 aliphatic heterocycles. The molecule has 0 saturated heterocycles. The van der Waals surface area contributed by atoms with Gasteiger partial charge in [0.15, 0.2) is 0 Å². The van der Waals surface area contributed by atoms with Crippen molar-refractivity contribution in [2.24, 2.45) is 20.0 Å². The zero-order valence-electron chi connectivity index (χ0n) is 68.8. The number of H-pyrrole nitrogens is 8. The second-order valence-corrected chi connectivity index (χ2v) is 28.4. The summed E-state index contributed by atoms with van der Waals surface area (Å²) in [7, 11) is 4.91. The number of nitrogens with zero attached hydrogens (tertiary/aromatic N) is 4. The lowest BCUT2D eigenvalue weighted by Gasteiger charge is -2.10. The normalized spacial score (nSPS) is 14.9. The first-order chi connectivity index (χ1) is 55.1. The first kappa shape index (κ1) is 86.1. The fraction of sp³-hybridized carbons (Fsp3) is 0.374. The third-order valence-corrected chi connectivity index (χ3v) is 20.4. The van der Waals surface area contributed by atoms with Crippen molar-refractivity contribution in [3.8, 4) is 0 Å². The highest BCUT2D eigenvalue weighted by Crippen LogP contribution is 2.33. The lowest BCUT2D eigenvalue weighted by molar-refractivity contribution is -0.144. The molecule has 0 atom stereocenters. The second-order valence-electron chi connectivity index (χ2n) is 28.4. The maximum absolute atomic E-state index is 11.9. The number of aromatic nitrogens is 8. The van der Waals surface area contributed by atoms with E-state index < -0.39 is 5.97 Å². The van der Waals surface area contributed by atoms with Crippen molar-refractivity contribution in [2.45, 2.75) is 179 Å². The van der Waals surface area contributed by atoms with Crippen LogP contribution in [0.2, 0.25) is 0 Å². The third-order valence-electron chi connectivity index (χ3n) is 20.4. The molecule has 10 N–H and O–H groups in total. The van der Waals surface area contributed by atoms with Crippen LogP contribution in [-0.2, 0) is 68.5 Å². The highest BCUT2D eigenvalue weighted by Gasteiger charge is 2.25. The van der Waals surface area contributed by atoms with Crippen molar-refractivity contribution in [1.82, 2.24) is 39.9 Å². The zero-order chi connectivity index (χ0) is 81.8. The molecule has 23 heteroatoms. The number of aryl methyl sites for hydroxylation is 4. The summed E-state index contributed by atoms with van der Waals surface area (Å²) >= 11 is 0. The van der Waals surface area contributed by atoms with Crippen LogP contribution in [0.3, 0.4) is 0 Å². The number of unbranched alkanes of at least 4 members (excludes halogenated alkanes) is 6. The quantitative estimate of drug-likeness (QED) is 0.00999. The molecule has 8 aromatic rings. The first-order valence-corrected chi connectivity index (χ1v) is 39.5. The number of aliphatic carboxylic acids is 1. The van der Waals surface area contributed by atoms with Gasteiger partial charge < -0.3 is 78.5 Å². The van der Waals surface area contributed by atoms with Crippen LogP contribution in [0.25, 0.3) is 24.3 Å². The Morgan fingerprint density at radius 1 is 0.421 bits per heavy atom. The highest BCUT2D eigenvalue weighted by atomic mass is 16.5. The molecule has 0 unspecified atom stereocenters. The first-order valence-electron chi connectivity index (χ1n) is 39.5. The molecular formula is C91H114N12O11. The molecule has 12 rings (SSSR count). The van der Waals surface area contributed by atoms with Crippen LogP contribution in [0.4, 0.5) is 0 Å². The van der Waals surface area contributed by atoms with Gasteiger partial charge in [-0.05, 0) is 224 Å². The maximum Gasteiger partial charge on any atom is 0.306 e. The number of esters is 2. The molecule has 0 aliphatic carbocycles. The van der Waals surface area contributed by atoms with Gasteiger partial charge in [0, 0.05) is 120 Å². The Balaban J connectivity index is 0.000000175. The molecule has 23 nitrogen and oxygen atoms in total. The Bertz CT molecular complexity index is 5000. The lowest BCUT2D eigenvalue weighted by Crippen LogP contribution is -2.07. The molecule has 12 heterocycles. The van der Waals surface area contributed by atoms with Crippen molar-refractivity contribution in [3.63, 3.8) is 0 Å². The van der Waals surface area contributed by atoms with E-state index in [1.54, 1.807) is 21.3 Å². The number of nitrogens with one attached hydrogen (secondary N) is 8. The number of aliphatic imine (C=N–C) groups is 4. The Morgan fingerprint density at radius 3 is 1.11 bits per heavy atom. The number of hydrogen-bond donors (Lipinski definition) is 10. The summed E-state index contributed by atoms with van der Waals surface area (Å²) in [6.45, 7) is 28.3. The number of rotatable bonds is 36. The minimum absolute atomic E-state index is 0.0408. The van der Waals surface area contributed by atoms with E-state index in [0.29, 0.717) is 51.1 Å². The van der Waals surface area contributed by atoms with E-state index in [-0.39, 0.29) is 25.0 Å². The fourth-order valence-corrected chi connectivity index (χ4v) is 13.9. The summed E-state index contributed by atoms with van der Waals surface area (Å²) in [5.74, 6) is 1.91. The average Bonchev–Trinajstić information content (AvgIpc) is 1.67. The smallest absolute Gasteiger partial charge is 0.306 e. The Kier molecular flexibility index (Phi) is 32.3. The predicted molar refractivity (Wildman–Crippen MR) is 455 cm³/mol. The molecule has 0 saturated carbocycles. The minimum Gasteiger partial charge on any atom is -0.499 e. The minimum atomic E-state index is -0.791. The summed E-state index contributed by atoms with van der Waals surface area (Å²) in [5.41, 5.74) is 28.3. The zero-order valence-corrected chi connectivity index (χ0v) is 68.8. The van der Waals surface area contributed by atoms with Gasteiger partial charge in [-0.25, -0.2) is 20.0 Å². The van der Waals surface area contributed by atoms with Gasteiger partial charge in [-0.1, -0.05) is 59.0 Å². The van der Waals surface area contributed by atoms with E-state index in [4.69, 9.17) is 48.5 Å². The Morgan fingerprint density at radius 2 is 0.754 bits per heavy atom. The largest absolute Gasteiger partial charge is 0.499 e. The number of carboxylic acids is 1. The fourth-order valence-electron chi connectivity index (χ4n) is 13.9. The number of carboxylic acid groups (broad SMARTS) is 1.